The molecule has 2 saturated heterocycles. The molecular formula is C22H23N5O2S. The van der Waals surface area contributed by atoms with Crippen molar-refractivity contribution in [3.05, 3.63) is 54.2 Å². The van der Waals surface area contributed by atoms with Crippen molar-refractivity contribution in [1.29, 1.82) is 0 Å². The van der Waals surface area contributed by atoms with Crippen LogP contribution >= 0.6 is 11.3 Å². The van der Waals surface area contributed by atoms with Gasteiger partial charge in [0.15, 0.2) is 5.13 Å². The van der Waals surface area contributed by atoms with Gasteiger partial charge in [-0.1, -0.05) is 41.7 Å². The third-order valence-electron chi connectivity index (χ3n) is 5.80. The third-order valence-corrected chi connectivity index (χ3v) is 6.84. The fourth-order valence-corrected chi connectivity index (χ4v) is 5.12. The molecule has 2 amide bonds. The van der Waals surface area contributed by atoms with Crippen LogP contribution in [0.1, 0.15) is 12.0 Å². The fraction of sp³-hybridized carbons (Fsp3) is 0.364. The Morgan fingerprint density at radius 2 is 1.87 bits per heavy atom. The summed E-state index contributed by atoms with van der Waals surface area (Å²) in [6.45, 7) is 3.90. The average molecular weight is 422 g/mol. The molecule has 0 saturated carbocycles. The highest BCUT2D eigenvalue weighted by Gasteiger charge is 2.37. The molecule has 1 aromatic carbocycles. The molecule has 4 heterocycles. The van der Waals surface area contributed by atoms with E-state index in [1.165, 1.54) is 0 Å². The van der Waals surface area contributed by atoms with Crippen LogP contribution in [0.25, 0.3) is 10.3 Å². The number of piperazine rings is 1. The Morgan fingerprint density at radius 3 is 2.63 bits per heavy atom. The quantitative estimate of drug-likeness (QED) is 0.647. The summed E-state index contributed by atoms with van der Waals surface area (Å²) >= 11 is 1.59. The molecule has 30 heavy (non-hydrogen) atoms. The summed E-state index contributed by atoms with van der Waals surface area (Å²) in [5, 5.41) is 0.959. The minimum absolute atomic E-state index is 0.0674. The first-order valence-electron chi connectivity index (χ1n) is 10.2. The van der Waals surface area contributed by atoms with E-state index in [0.29, 0.717) is 32.6 Å². The van der Waals surface area contributed by atoms with E-state index in [1.54, 1.807) is 17.5 Å². The number of anilines is 1. The highest BCUT2D eigenvalue weighted by Crippen LogP contribution is 2.28. The number of carbonyl (C=O) groups is 2. The third kappa shape index (κ3) is 3.75. The number of carbonyl (C=O) groups excluding carboxylic acids is 2. The van der Waals surface area contributed by atoms with Gasteiger partial charge >= 0.3 is 0 Å². The van der Waals surface area contributed by atoms with Crippen LogP contribution in [0.2, 0.25) is 0 Å². The van der Waals surface area contributed by atoms with Gasteiger partial charge in [0.05, 0.1) is 5.92 Å². The number of amides is 2. The number of likely N-dealkylation sites (tertiary alicyclic amines) is 1. The van der Waals surface area contributed by atoms with Crippen LogP contribution in [0.3, 0.4) is 0 Å². The highest BCUT2D eigenvalue weighted by molar-refractivity contribution is 7.21. The predicted molar refractivity (Wildman–Crippen MR) is 116 cm³/mol. The number of hydrogen-bond donors (Lipinski definition) is 0. The molecule has 2 aliphatic heterocycles. The van der Waals surface area contributed by atoms with Crippen LogP contribution in [0.15, 0.2) is 48.7 Å². The summed E-state index contributed by atoms with van der Waals surface area (Å²) in [7, 11) is 0. The minimum Gasteiger partial charge on any atom is -0.344 e. The lowest BCUT2D eigenvalue weighted by Crippen LogP contribution is -2.50. The number of nitrogens with zero attached hydrogens (tertiary/aromatic N) is 5. The molecule has 3 aromatic rings. The SMILES string of the molecule is O=C1CC(C(=O)N2CCN(c3nc4cccnc4s3)CC2)CN1Cc1ccccc1. The smallest absolute Gasteiger partial charge is 0.228 e. The molecule has 0 radical (unpaired) electrons. The van der Waals surface area contributed by atoms with E-state index in [9.17, 15) is 9.59 Å². The number of pyridine rings is 1. The van der Waals surface area contributed by atoms with Crippen molar-refractivity contribution < 1.29 is 9.59 Å². The Bertz CT molecular complexity index is 1030. The van der Waals surface area contributed by atoms with Gasteiger partial charge in [-0.25, -0.2) is 9.97 Å². The van der Waals surface area contributed by atoms with Crippen molar-refractivity contribution in [2.45, 2.75) is 13.0 Å². The second-order valence-corrected chi connectivity index (χ2v) is 8.75. The average Bonchev–Trinajstić information content (AvgIpc) is 3.38. The number of hydrogen-bond acceptors (Lipinski definition) is 6. The maximum atomic E-state index is 13.0. The van der Waals surface area contributed by atoms with E-state index in [2.05, 4.69) is 14.9 Å². The first-order valence-corrected chi connectivity index (χ1v) is 11.1. The van der Waals surface area contributed by atoms with Crippen molar-refractivity contribution in [3.8, 4) is 0 Å². The number of benzene rings is 1. The van der Waals surface area contributed by atoms with Gasteiger partial charge in [0.25, 0.3) is 0 Å². The summed E-state index contributed by atoms with van der Waals surface area (Å²) in [6.07, 6.45) is 2.10. The maximum Gasteiger partial charge on any atom is 0.228 e. The molecule has 2 aliphatic rings. The number of fused-ring (bicyclic) bond motifs is 1. The number of thiazole rings is 1. The van der Waals surface area contributed by atoms with Crippen LogP contribution in [0, 0.1) is 5.92 Å². The molecule has 2 aromatic heterocycles. The first kappa shape index (κ1) is 19.0. The van der Waals surface area contributed by atoms with Crippen LogP contribution in [-0.4, -0.2) is 64.3 Å². The summed E-state index contributed by atoms with van der Waals surface area (Å²) in [5.74, 6) is -0.0678. The molecule has 154 valence electrons. The molecular weight excluding hydrogens is 398 g/mol. The van der Waals surface area contributed by atoms with E-state index >= 15 is 0 Å². The minimum atomic E-state index is -0.237. The standard InChI is InChI=1S/C22H23N5O2S/c28-19-13-17(15-27(19)14-16-5-2-1-3-6-16)21(29)25-9-11-26(12-10-25)22-24-18-7-4-8-23-20(18)30-22/h1-8,17H,9-15H2. The van der Waals surface area contributed by atoms with Gasteiger partial charge in [0, 0.05) is 51.9 Å². The van der Waals surface area contributed by atoms with Crippen molar-refractivity contribution in [2.75, 3.05) is 37.6 Å². The van der Waals surface area contributed by atoms with Gasteiger partial charge in [-0.3, -0.25) is 9.59 Å². The lowest BCUT2D eigenvalue weighted by Gasteiger charge is -2.35. The molecule has 1 atom stereocenters. The zero-order valence-corrected chi connectivity index (χ0v) is 17.4. The van der Waals surface area contributed by atoms with E-state index in [1.807, 2.05) is 52.3 Å². The molecule has 8 heteroatoms. The Labute approximate surface area is 178 Å². The molecule has 1 unspecified atom stereocenters. The largest absolute Gasteiger partial charge is 0.344 e. The second-order valence-electron chi connectivity index (χ2n) is 7.80. The lowest BCUT2D eigenvalue weighted by molar-refractivity contribution is -0.136. The number of aromatic nitrogens is 2. The van der Waals surface area contributed by atoms with E-state index in [4.69, 9.17) is 0 Å². The van der Waals surface area contributed by atoms with E-state index in [0.717, 1.165) is 34.1 Å². The molecule has 2 fully saturated rings. The number of rotatable bonds is 4. The monoisotopic (exact) mass is 421 g/mol. The molecule has 0 bridgehead atoms. The van der Waals surface area contributed by atoms with Crippen LogP contribution in [-0.2, 0) is 16.1 Å². The van der Waals surface area contributed by atoms with Crippen molar-refractivity contribution >= 4 is 38.6 Å². The van der Waals surface area contributed by atoms with Gasteiger partial charge in [0.1, 0.15) is 10.3 Å². The molecule has 0 N–H and O–H groups in total. The Kier molecular flexibility index (Phi) is 5.08. The topological polar surface area (TPSA) is 69.6 Å². The highest BCUT2D eigenvalue weighted by atomic mass is 32.1. The normalized spacial score (nSPS) is 19.7. The van der Waals surface area contributed by atoms with Gasteiger partial charge in [-0.2, -0.15) is 0 Å². The van der Waals surface area contributed by atoms with Crippen molar-refractivity contribution in [3.63, 3.8) is 0 Å². The lowest BCUT2D eigenvalue weighted by atomic mass is 10.1. The summed E-state index contributed by atoms with van der Waals surface area (Å²) in [5.41, 5.74) is 2.01. The van der Waals surface area contributed by atoms with Gasteiger partial charge < -0.3 is 14.7 Å². The predicted octanol–water partition coefficient (Wildman–Crippen LogP) is 2.39. The van der Waals surface area contributed by atoms with Gasteiger partial charge in [0.2, 0.25) is 11.8 Å². The Hall–Kier alpha value is -3.00. The molecule has 5 rings (SSSR count). The van der Waals surface area contributed by atoms with Crippen LogP contribution in [0.4, 0.5) is 5.13 Å². The van der Waals surface area contributed by atoms with Crippen molar-refractivity contribution in [1.82, 2.24) is 19.8 Å². The zero-order chi connectivity index (χ0) is 20.5. The molecule has 0 aliphatic carbocycles. The molecule has 7 nitrogen and oxygen atoms in total. The summed E-state index contributed by atoms with van der Waals surface area (Å²) in [4.78, 5) is 41.4. The van der Waals surface area contributed by atoms with Gasteiger partial charge in [-0.15, -0.1) is 0 Å². The molecule has 0 spiro atoms. The van der Waals surface area contributed by atoms with E-state index < -0.39 is 0 Å². The van der Waals surface area contributed by atoms with Crippen LogP contribution < -0.4 is 4.90 Å². The Morgan fingerprint density at radius 1 is 1.07 bits per heavy atom. The maximum absolute atomic E-state index is 13.0. The first-order chi connectivity index (χ1) is 14.7. The van der Waals surface area contributed by atoms with Crippen molar-refractivity contribution in [2.24, 2.45) is 5.92 Å². The fourth-order valence-electron chi connectivity index (χ4n) is 4.16. The van der Waals surface area contributed by atoms with E-state index in [-0.39, 0.29) is 17.7 Å². The zero-order valence-electron chi connectivity index (χ0n) is 16.6. The Balaban J connectivity index is 1.18. The summed E-state index contributed by atoms with van der Waals surface area (Å²) < 4.78 is 0. The van der Waals surface area contributed by atoms with Crippen LogP contribution in [0.5, 0.6) is 0 Å². The summed E-state index contributed by atoms with van der Waals surface area (Å²) in [6, 6.07) is 13.8. The van der Waals surface area contributed by atoms with Gasteiger partial charge in [-0.05, 0) is 17.7 Å². The second kappa shape index (κ2) is 8.02.